The fraction of sp³-hybridized carbons (Fsp3) is 0.520. The minimum absolute atomic E-state index is 0.0214. The second kappa shape index (κ2) is 9.50. The third-order valence-corrected chi connectivity index (χ3v) is 6.99. The second-order valence-corrected chi connectivity index (χ2v) is 10.2. The first kappa shape index (κ1) is 25.6. The summed E-state index contributed by atoms with van der Waals surface area (Å²) in [6, 6.07) is 7.35. The minimum Gasteiger partial charge on any atom is -0.465 e. The van der Waals surface area contributed by atoms with Crippen LogP contribution in [0.4, 0.5) is 30.8 Å². The Hall–Kier alpha value is -3.52. The molecule has 2 aromatic rings. The molecule has 1 fully saturated rings. The topological polar surface area (TPSA) is 117 Å². The summed E-state index contributed by atoms with van der Waals surface area (Å²) in [5.41, 5.74) is 1.18. The number of alkyl halides is 2. The Morgan fingerprint density at radius 1 is 1.31 bits per heavy atom. The highest BCUT2D eigenvalue weighted by Crippen LogP contribution is 2.44. The van der Waals surface area contributed by atoms with Gasteiger partial charge in [0.25, 0.3) is 5.92 Å². The number of aromatic nitrogens is 2. The van der Waals surface area contributed by atoms with E-state index in [9.17, 15) is 20.3 Å². The van der Waals surface area contributed by atoms with Gasteiger partial charge in [-0.05, 0) is 50.8 Å². The number of amides is 1. The van der Waals surface area contributed by atoms with Crippen LogP contribution in [0.15, 0.2) is 30.6 Å². The number of carbonyl (C=O) groups is 1. The summed E-state index contributed by atoms with van der Waals surface area (Å²) >= 11 is 0. The van der Waals surface area contributed by atoms with Gasteiger partial charge in [0.05, 0.1) is 47.8 Å². The van der Waals surface area contributed by atoms with E-state index in [1.165, 1.54) is 12.4 Å². The van der Waals surface area contributed by atoms with Crippen molar-refractivity contribution in [1.82, 2.24) is 9.97 Å². The third-order valence-electron chi connectivity index (χ3n) is 6.99. The average Bonchev–Trinajstić information content (AvgIpc) is 3.13. The molecule has 1 amide bonds. The molecule has 1 aromatic carbocycles. The smallest absolute Gasteiger partial charge is 0.413 e. The molecule has 4 rings (SSSR count). The molecule has 36 heavy (non-hydrogen) atoms. The highest BCUT2D eigenvalue weighted by atomic mass is 19.3. The van der Waals surface area contributed by atoms with Crippen molar-refractivity contribution in [2.75, 3.05) is 41.5 Å². The molecule has 2 atom stereocenters. The Kier molecular flexibility index (Phi) is 6.75. The Labute approximate surface area is 208 Å². The number of aliphatic hydroxyl groups is 1. The van der Waals surface area contributed by atoms with Crippen molar-refractivity contribution in [3.8, 4) is 6.07 Å². The molecule has 0 unspecified atom stereocenters. The molecule has 1 aliphatic heterocycles. The first-order chi connectivity index (χ1) is 16.9. The molecular weight excluding hydrogens is 470 g/mol. The molecule has 2 N–H and O–H groups in total. The highest BCUT2D eigenvalue weighted by molar-refractivity contribution is 5.84. The van der Waals surface area contributed by atoms with Crippen LogP contribution in [-0.2, 0) is 5.60 Å². The molecule has 0 bridgehead atoms. The van der Waals surface area contributed by atoms with Gasteiger partial charge in [-0.15, -0.1) is 0 Å². The summed E-state index contributed by atoms with van der Waals surface area (Å²) in [7, 11) is 1.88. The lowest BCUT2D eigenvalue weighted by atomic mass is 9.78. The van der Waals surface area contributed by atoms with Crippen LogP contribution in [0.2, 0.25) is 0 Å². The van der Waals surface area contributed by atoms with Crippen molar-refractivity contribution in [3.63, 3.8) is 0 Å². The van der Waals surface area contributed by atoms with E-state index in [1.807, 2.05) is 22.9 Å². The standard InChI is InChI=1S/C25H30F2N6O3/c1-24(2,36)21-11-30-22(12-29-21)33(23(34)35)13-17-6-7-25(26,27)18(8-17)14-32-15-31(3)19-5-4-16(10-28)9-20(19)32/h4-5,9,11-12,17-18,36H,6-8,13-15H2,1-3H3,(H,34,35)/t17-,18+/m1/s1. The number of carboxylic acid groups (broad SMARTS) is 1. The summed E-state index contributed by atoms with van der Waals surface area (Å²) in [4.78, 5) is 25.1. The molecule has 11 heteroatoms. The summed E-state index contributed by atoms with van der Waals surface area (Å²) in [6.07, 6.45) is 1.37. The van der Waals surface area contributed by atoms with Gasteiger partial charge < -0.3 is 20.0 Å². The molecule has 1 aromatic heterocycles. The van der Waals surface area contributed by atoms with Gasteiger partial charge in [-0.1, -0.05) is 0 Å². The van der Waals surface area contributed by atoms with Crippen molar-refractivity contribution in [3.05, 3.63) is 41.9 Å². The number of hydrogen-bond acceptors (Lipinski definition) is 7. The highest BCUT2D eigenvalue weighted by Gasteiger charge is 2.46. The van der Waals surface area contributed by atoms with Crippen molar-refractivity contribution < 1.29 is 23.8 Å². The Balaban J connectivity index is 1.50. The van der Waals surface area contributed by atoms with E-state index in [1.54, 1.807) is 26.0 Å². The van der Waals surface area contributed by atoms with Crippen LogP contribution in [0.3, 0.4) is 0 Å². The molecule has 2 heterocycles. The van der Waals surface area contributed by atoms with E-state index < -0.39 is 23.5 Å². The quantitative estimate of drug-likeness (QED) is 0.611. The van der Waals surface area contributed by atoms with E-state index >= 15 is 8.78 Å². The molecule has 2 aliphatic rings. The molecular formula is C25H30F2N6O3. The van der Waals surface area contributed by atoms with Gasteiger partial charge in [0.15, 0.2) is 5.82 Å². The van der Waals surface area contributed by atoms with Gasteiger partial charge in [0, 0.05) is 32.5 Å². The van der Waals surface area contributed by atoms with E-state index in [2.05, 4.69) is 16.0 Å². The fourth-order valence-electron chi connectivity index (χ4n) is 4.97. The number of nitriles is 1. The van der Waals surface area contributed by atoms with Crippen LogP contribution in [0.1, 0.15) is 44.4 Å². The Morgan fingerprint density at radius 3 is 2.67 bits per heavy atom. The van der Waals surface area contributed by atoms with Crippen molar-refractivity contribution >= 4 is 23.3 Å². The summed E-state index contributed by atoms with van der Waals surface area (Å²) in [5, 5.41) is 29.1. The summed E-state index contributed by atoms with van der Waals surface area (Å²) < 4.78 is 30.0. The van der Waals surface area contributed by atoms with Gasteiger partial charge in [-0.2, -0.15) is 5.26 Å². The molecule has 0 saturated heterocycles. The molecule has 1 aliphatic carbocycles. The lowest BCUT2D eigenvalue weighted by Crippen LogP contribution is -2.46. The van der Waals surface area contributed by atoms with Gasteiger partial charge in [0.2, 0.25) is 0 Å². The van der Waals surface area contributed by atoms with E-state index in [-0.39, 0.29) is 44.1 Å². The number of rotatable bonds is 6. The number of halogens is 2. The third kappa shape index (κ3) is 5.18. The molecule has 9 nitrogen and oxygen atoms in total. The number of benzene rings is 1. The number of hydrogen-bond donors (Lipinski definition) is 2. The summed E-state index contributed by atoms with van der Waals surface area (Å²) in [6.45, 7) is 3.65. The Bertz CT molecular complexity index is 1160. The second-order valence-electron chi connectivity index (χ2n) is 10.2. The first-order valence-corrected chi connectivity index (χ1v) is 11.8. The fourth-order valence-corrected chi connectivity index (χ4v) is 4.97. The van der Waals surface area contributed by atoms with Crippen LogP contribution >= 0.6 is 0 Å². The van der Waals surface area contributed by atoms with E-state index in [0.29, 0.717) is 17.9 Å². The lowest BCUT2D eigenvalue weighted by Gasteiger charge is -2.39. The van der Waals surface area contributed by atoms with Crippen LogP contribution < -0.4 is 14.7 Å². The van der Waals surface area contributed by atoms with Crippen LogP contribution in [0.25, 0.3) is 0 Å². The predicted molar refractivity (Wildman–Crippen MR) is 130 cm³/mol. The monoisotopic (exact) mass is 500 g/mol. The number of anilines is 3. The van der Waals surface area contributed by atoms with Gasteiger partial charge in [-0.3, -0.25) is 9.88 Å². The van der Waals surface area contributed by atoms with Crippen LogP contribution in [0, 0.1) is 23.2 Å². The van der Waals surface area contributed by atoms with E-state index in [4.69, 9.17) is 0 Å². The lowest BCUT2D eigenvalue weighted by molar-refractivity contribution is -0.0934. The van der Waals surface area contributed by atoms with Crippen molar-refractivity contribution in [2.45, 2.75) is 44.6 Å². The number of fused-ring (bicyclic) bond motifs is 1. The van der Waals surface area contributed by atoms with E-state index in [0.717, 1.165) is 16.3 Å². The minimum atomic E-state index is -2.88. The molecule has 1 saturated carbocycles. The largest absolute Gasteiger partial charge is 0.465 e. The zero-order chi connectivity index (χ0) is 26.3. The molecule has 192 valence electrons. The zero-order valence-corrected chi connectivity index (χ0v) is 20.5. The average molecular weight is 501 g/mol. The predicted octanol–water partition coefficient (Wildman–Crippen LogP) is 4.03. The zero-order valence-electron chi connectivity index (χ0n) is 20.5. The van der Waals surface area contributed by atoms with Crippen molar-refractivity contribution in [2.24, 2.45) is 11.8 Å². The normalized spacial score (nSPS) is 21.1. The van der Waals surface area contributed by atoms with Crippen LogP contribution in [-0.4, -0.2) is 59.0 Å². The number of nitrogens with zero attached hydrogens (tertiary/aromatic N) is 6. The first-order valence-electron chi connectivity index (χ1n) is 11.8. The Morgan fingerprint density at radius 2 is 2.06 bits per heavy atom. The van der Waals surface area contributed by atoms with Gasteiger partial charge in [0.1, 0.15) is 5.60 Å². The molecule has 0 radical (unpaired) electrons. The van der Waals surface area contributed by atoms with Gasteiger partial charge in [-0.25, -0.2) is 18.6 Å². The maximum Gasteiger partial charge on any atom is 0.413 e. The van der Waals surface area contributed by atoms with Crippen molar-refractivity contribution in [1.29, 1.82) is 5.26 Å². The maximum absolute atomic E-state index is 15.0. The SMILES string of the molecule is CN1CN(C[C@@H]2C[C@H](CN(C(=O)O)c3cnc(C(C)(C)O)cn3)CCC2(F)F)c2cc(C#N)ccc21. The molecule has 0 spiro atoms. The van der Waals surface area contributed by atoms with Gasteiger partial charge >= 0.3 is 6.09 Å². The maximum atomic E-state index is 15.0. The van der Waals surface area contributed by atoms with Crippen LogP contribution in [0.5, 0.6) is 0 Å². The summed E-state index contributed by atoms with van der Waals surface area (Å²) in [5.74, 6) is -4.05.